The van der Waals surface area contributed by atoms with Gasteiger partial charge in [0.25, 0.3) is 0 Å². The topological polar surface area (TPSA) is 155 Å². The van der Waals surface area contributed by atoms with E-state index in [1.807, 2.05) is 12.2 Å². The third kappa shape index (κ3) is 55.4. The van der Waals surface area contributed by atoms with Gasteiger partial charge in [0.1, 0.15) is 12.7 Å². The van der Waals surface area contributed by atoms with Crippen LogP contribution in [0.15, 0.2) is 85.1 Å². The van der Waals surface area contributed by atoms with Crippen molar-refractivity contribution in [2.24, 2.45) is 0 Å². The van der Waals surface area contributed by atoms with Crippen molar-refractivity contribution < 1.29 is 52.2 Å². The summed E-state index contributed by atoms with van der Waals surface area (Å²) in [6, 6.07) is 0. The van der Waals surface area contributed by atoms with Gasteiger partial charge in [0.2, 0.25) is 0 Å². The molecule has 0 aliphatic heterocycles. The van der Waals surface area contributed by atoms with E-state index in [2.05, 4.69) is 93.7 Å². The lowest BCUT2D eigenvalue weighted by atomic mass is 10.0. The van der Waals surface area contributed by atoms with Gasteiger partial charge >= 0.3 is 25.7 Å². The smallest absolute Gasteiger partial charge is 0.462 e. The summed E-state index contributed by atoms with van der Waals surface area (Å²) in [5.74, 6) is -1.57. The molecule has 438 valence electrons. The van der Waals surface area contributed by atoms with Crippen LogP contribution in [0.3, 0.4) is 0 Å². The normalized spacial score (nSPS) is 13.9. The number of hydrogen-bond donors (Lipinski definition) is 2. The Kier molecular flexibility index (Phi) is 55.3. The molecule has 0 heterocycles. The standard InChI is InChI=1S/C64H111O11P/c1-4-7-10-13-16-19-22-25-28-29-30-31-34-37-40-43-46-49-52-55-64(68)75-61(57-71-62(66)53-50-47-44-41-38-35-32-26-23-20-17-14-11-8-5-2)59-73-76(69,70)72-58-60(56-65)74-63(67)54-51-48-45-42-39-36-33-27-24-21-18-15-12-9-6-3/h7,10,16,19,25,27-28,30-31,33,37,40,46,49,60-61,65H,4-6,8-9,11-15,17-18,20-24,26,29,32,34-36,38-39,41-45,47-48,50-59H2,1-3H3,(H,69,70)/b10-7-,19-16-,28-25-,31-30-,33-27-,40-37-,49-46-. The lowest BCUT2D eigenvalue weighted by Gasteiger charge is -2.21. The number of rotatable bonds is 56. The van der Waals surface area contributed by atoms with Gasteiger partial charge < -0.3 is 24.2 Å². The number of allylic oxidation sites excluding steroid dienone is 14. The summed E-state index contributed by atoms with van der Waals surface area (Å²) >= 11 is 0. The molecule has 2 N–H and O–H groups in total. The zero-order valence-corrected chi connectivity index (χ0v) is 49.3. The number of aliphatic hydroxyl groups excluding tert-OH is 1. The molecule has 0 aromatic heterocycles. The van der Waals surface area contributed by atoms with Crippen molar-refractivity contribution in [3.05, 3.63) is 85.1 Å². The summed E-state index contributed by atoms with van der Waals surface area (Å²) in [6.45, 7) is 4.46. The van der Waals surface area contributed by atoms with Gasteiger partial charge in [0.05, 0.1) is 19.8 Å². The largest absolute Gasteiger partial charge is 0.472 e. The van der Waals surface area contributed by atoms with E-state index >= 15 is 0 Å². The first-order chi connectivity index (χ1) is 37.2. The highest BCUT2D eigenvalue weighted by atomic mass is 31.2. The number of carbonyl (C=O) groups excluding carboxylic acids is 3. The van der Waals surface area contributed by atoms with E-state index in [0.717, 1.165) is 89.9 Å². The van der Waals surface area contributed by atoms with E-state index in [-0.39, 0.29) is 25.9 Å². The maximum Gasteiger partial charge on any atom is 0.472 e. The highest BCUT2D eigenvalue weighted by molar-refractivity contribution is 7.47. The maximum atomic E-state index is 12.9. The molecule has 0 saturated heterocycles. The summed E-state index contributed by atoms with van der Waals surface area (Å²) < 4.78 is 39.5. The first-order valence-corrected chi connectivity index (χ1v) is 32.0. The first kappa shape index (κ1) is 72.7. The Bertz CT molecular complexity index is 1600. The zero-order chi connectivity index (χ0) is 55.5. The summed E-state index contributed by atoms with van der Waals surface area (Å²) in [4.78, 5) is 48.6. The lowest BCUT2D eigenvalue weighted by molar-refractivity contribution is -0.161. The molecule has 12 heteroatoms. The Morgan fingerprint density at radius 1 is 0.382 bits per heavy atom. The highest BCUT2D eigenvalue weighted by Gasteiger charge is 2.28. The van der Waals surface area contributed by atoms with Crippen molar-refractivity contribution in [3.8, 4) is 0 Å². The van der Waals surface area contributed by atoms with Gasteiger partial charge in [-0.05, 0) is 83.5 Å². The van der Waals surface area contributed by atoms with Gasteiger partial charge in [-0.15, -0.1) is 0 Å². The van der Waals surface area contributed by atoms with Crippen molar-refractivity contribution in [2.45, 2.75) is 277 Å². The first-order valence-electron chi connectivity index (χ1n) is 30.5. The van der Waals surface area contributed by atoms with Crippen molar-refractivity contribution in [3.63, 3.8) is 0 Å². The minimum atomic E-state index is -4.77. The molecule has 0 fully saturated rings. The van der Waals surface area contributed by atoms with Crippen LogP contribution in [-0.4, -0.2) is 66.5 Å². The zero-order valence-electron chi connectivity index (χ0n) is 48.5. The van der Waals surface area contributed by atoms with E-state index in [9.17, 15) is 28.9 Å². The second-order valence-corrected chi connectivity index (χ2v) is 21.6. The van der Waals surface area contributed by atoms with E-state index in [4.69, 9.17) is 23.3 Å². The molecule has 3 unspecified atom stereocenters. The van der Waals surface area contributed by atoms with Crippen molar-refractivity contribution in [2.75, 3.05) is 26.4 Å². The van der Waals surface area contributed by atoms with Crippen LogP contribution in [0.25, 0.3) is 0 Å². The molecule has 0 bridgehead atoms. The fourth-order valence-corrected chi connectivity index (χ4v) is 8.99. The summed E-state index contributed by atoms with van der Waals surface area (Å²) in [5.41, 5.74) is 0. The third-order valence-corrected chi connectivity index (χ3v) is 13.8. The van der Waals surface area contributed by atoms with Crippen LogP contribution in [0.4, 0.5) is 0 Å². The molecule has 76 heavy (non-hydrogen) atoms. The Morgan fingerprint density at radius 3 is 1.13 bits per heavy atom. The molecule has 0 aromatic carbocycles. The van der Waals surface area contributed by atoms with E-state index < -0.39 is 57.8 Å². The summed E-state index contributed by atoms with van der Waals surface area (Å²) in [5, 5.41) is 9.83. The van der Waals surface area contributed by atoms with Gasteiger partial charge in [-0.25, -0.2) is 4.57 Å². The number of phosphoric acid groups is 1. The molecule has 0 rings (SSSR count). The van der Waals surface area contributed by atoms with Gasteiger partial charge in [0.15, 0.2) is 6.10 Å². The van der Waals surface area contributed by atoms with Gasteiger partial charge in [-0.1, -0.05) is 247 Å². The van der Waals surface area contributed by atoms with Gasteiger partial charge in [-0.2, -0.15) is 0 Å². The molecule has 0 aromatic rings. The average Bonchev–Trinajstić information content (AvgIpc) is 3.41. The molecular formula is C64H111O11P. The van der Waals surface area contributed by atoms with Crippen molar-refractivity contribution >= 4 is 25.7 Å². The quantitative estimate of drug-likeness (QED) is 0.0197. The Balaban J connectivity index is 4.82. The second kappa shape index (κ2) is 57.8. The van der Waals surface area contributed by atoms with Crippen LogP contribution in [0.1, 0.15) is 265 Å². The highest BCUT2D eigenvalue weighted by Crippen LogP contribution is 2.43. The fraction of sp³-hybridized carbons (Fsp3) is 0.734. The molecule has 0 spiro atoms. The molecule has 0 aliphatic rings. The monoisotopic (exact) mass is 1090 g/mol. The molecule has 0 aliphatic carbocycles. The predicted octanol–water partition coefficient (Wildman–Crippen LogP) is 18.3. The summed E-state index contributed by atoms with van der Waals surface area (Å²) in [7, 11) is -4.77. The molecule has 0 amide bonds. The number of aliphatic hydroxyl groups is 1. The number of carbonyl (C=O) groups is 3. The molecule has 11 nitrogen and oxygen atoms in total. The van der Waals surface area contributed by atoms with Crippen LogP contribution in [0.2, 0.25) is 0 Å². The number of esters is 3. The average molecular weight is 1090 g/mol. The SMILES string of the molecule is CC/C=C\C/C=C\C/C=C\C/C=C\C/C=C\C/C=C\CCC(=O)OC(COC(=O)CCCCCCCCCCCCCCCCC)COP(=O)(O)OCC(CO)OC(=O)CCCCCCC/C=C\CCCCCCCC. The fourth-order valence-electron chi connectivity index (χ4n) is 8.20. The van der Waals surface area contributed by atoms with Crippen LogP contribution in [0, 0.1) is 0 Å². The van der Waals surface area contributed by atoms with Crippen LogP contribution in [0.5, 0.6) is 0 Å². The number of ether oxygens (including phenoxy) is 3. The minimum absolute atomic E-state index is 0.0412. The minimum Gasteiger partial charge on any atom is -0.462 e. The number of hydrogen-bond acceptors (Lipinski definition) is 10. The van der Waals surface area contributed by atoms with Crippen molar-refractivity contribution in [1.29, 1.82) is 0 Å². The second-order valence-electron chi connectivity index (χ2n) is 20.1. The maximum absolute atomic E-state index is 12.9. The predicted molar refractivity (Wildman–Crippen MR) is 316 cm³/mol. The number of phosphoric ester groups is 1. The Morgan fingerprint density at radius 2 is 0.711 bits per heavy atom. The van der Waals surface area contributed by atoms with Crippen LogP contribution in [-0.2, 0) is 42.2 Å². The van der Waals surface area contributed by atoms with E-state index in [1.165, 1.54) is 109 Å². The van der Waals surface area contributed by atoms with Crippen LogP contribution >= 0.6 is 7.82 Å². The lowest BCUT2D eigenvalue weighted by Crippen LogP contribution is -2.30. The van der Waals surface area contributed by atoms with Gasteiger partial charge in [-0.3, -0.25) is 23.4 Å². The third-order valence-electron chi connectivity index (χ3n) is 12.8. The van der Waals surface area contributed by atoms with Gasteiger partial charge in [0, 0.05) is 19.3 Å². The Hall–Kier alpha value is -3.34. The van der Waals surface area contributed by atoms with E-state index in [0.29, 0.717) is 25.7 Å². The van der Waals surface area contributed by atoms with Crippen molar-refractivity contribution in [1.82, 2.24) is 0 Å². The van der Waals surface area contributed by atoms with Crippen LogP contribution < -0.4 is 0 Å². The molecule has 0 saturated carbocycles. The molecule has 0 radical (unpaired) electrons. The molecule has 3 atom stereocenters. The number of unbranched alkanes of at least 4 members (excludes halogenated alkanes) is 25. The molecular weight excluding hydrogens is 976 g/mol. The van der Waals surface area contributed by atoms with E-state index in [1.54, 1.807) is 0 Å². The summed E-state index contributed by atoms with van der Waals surface area (Å²) in [6.07, 6.45) is 66.9. The Labute approximate surface area is 464 Å².